The molecule has 0 fully saturated rings. The first-order chi connectivity index (χ1) is 12.5. The molecule has 0 radical (unpaired) electrons. The third-order valence-corrected chi connectivity index (χ3v) is 4.28. The van der Waals surface area contributed by atoms with Gasteiger partial charge in [-0.3, -0.25) is 9.59 Å². The van der Waals surface area contributed by atoms with Gasteiger partial charge in [0.15, 0.2) is 0 Å². The van der Waals surface area contributed by atoms with Gasteiger partial charge in [0.1, 0.15) is 0 Å². The van der Waals surface area contributed by atoms with E-state index in [-0.39, 0.29) is 24.7 Å². The van der Waals surface area contributed by atoms with Crippen LogP contribution < -0.4 is 10.7 Å². The Morgan fingerprint density at radius 3 is 2.46 bits per heavy atom. The first-order valence-electron chi connectivity index (χ1n) is 8.08. The predicted octanol–water partition coefficient (Wildman–Crippen LogP) is 4.56. The van der Waals surface area contributed by atoms with E-state index in [9.17, 15) is 9.59 Å². The molecule has 0 aliphatic heterocycles. The Labute approximate surface area is 162 Å². The summed E-state index contributed by atoms with van der Waals surface area (Å²) in [4.78, 5) is 23.7. The highest BCUT2D eigenvalue weighted by Gasteiger charge is 2.08. The van der Waals surface area contributed by atoms with E-state index in [0.29, 0.717) is 22.2 Å². The highest BCUT2D eigenvalue weighted by atomic mass is 35.5. The van der Waals surface area contributed by atoms with E-state index in [1.165, 1.54) is 6.21 Å². The van der Waals surface area contributed by atoms with Crippen molar-refractivity contribution in [2.75, 3.05) is 5.32 Å². The Balaban J connectivity index is 1.70. The lowest BCUT2D eigenvalue weighted by Gasteiger charge is -2.09. The third kappa shape index (κ3) is 6.50. The molecule has 0 aliphatic rings. The van der Waals surface area contributed by atoms with Gasteiger partial charge in [0.2, 0.25) is 11.8 Å². The van der Waals surface area contributed by atoms with Crippen LogP contribution in [0.4, 0.5) is 5.69 Å². The topological polar surface area (TPSA) is 70.6 Å². The van der Waals surface area contributed by atoms with Crippen LogP contribution in [-0.4, -0.2) is 18.0 Å². The van der Waals surface area contributed by atoms with Gasteiger partial charge >= 0.3 is 0 Å². The number of hydrazone groups is 1. The molecule has 0 unspecified atom stereocenters. The molecule has 2 N–H and O–H groups in total. The molecule has 2 aromatic rings. The average molecular weight is 392 g/mol. The molecule has 5 nitrogen and oxygen atoms in total. The Bertz CT molecular complexity index is 805. The summed E-state index contributed by atoms with van der Waals surface area (Å²) < 4.78 is 0. The van der Waals surface area contributed by atoms with Gasteiger partial charge in [0, 0.05) is 28.6 Å². The van der Waals surface area contributed by atoms with Crippen LogP contribution in [0.5, 0.6) is 0 Å². The van der Waals surface area contributed by atoms with E-state index in [2.05, 4.69) is 15.8 Å². The number of benzene rings is 2. The third-order valence-electron chi connectivity index (χ3n) is 3.62. The lowest BCUT2D eigenvalue weighted by molar-refractivity contribution is -0.121. The number of halogens is 2. The second-order valence-corrected chi connectivity index (χ2v) is 6.50. The van der Waals surface area contributed by atoms with Crippen molar-refractivity contribution in [2.45, 2.75) is 26.2 Å². The summed E-state index contributed by atoms with van der Waals surface area (Å²) in [5, 5.41) is 7.91. The maximum atomic E-state index is 12.0. The number of nitrogens with zero attached hydrogens (tertiary/aromatic N) is 1. The zero-order valence-electron chi connectivity index (χ0n) is 14.3. The summed E-state index contributed by atoms with van der Waals surface area (Å²) in [7, 11) is 0. The van der Waals surface area contributed by atoms with Crippen molar-refractivity contribution in [3.05, 3.63) is 63.6 Å². The van der Waals surface area contributed by atoms with Gasteiger partial charge in [0.25, 0.3) is 0 Å². The van der Waals surface area contributed by atoms with Crippen LogP contribution in [0.25, 0.3) is 0 Å². The van der Waals surface area contributed by atoms with Gasteiger partial charge in [-0.1, -0.05) is 41.4 Å². The number of nitrogens with one attached hydrogen (secondary N) is 2. The van der Waals surface area contributed by atoms with Crippen molar-refractivity contribution in [3.8, 4) is 0 Å². The second kappa shape index (κ2) is 9.94. The molecular formula is C19H19Cl2N3O2. The molecule has 0 saturated heterocycles. The molecule has 0 atom stereocenters. The van der Waals surface area contributed by atoms with Crippen molar-refractivity contribution in [1.29, 1.82) is 0 Å². The number of anilines is 1. The maximum Gasteiger partial charge on any atom is 0.240 e. The lowest BCUT2D eigenvalue weighted by atomic mass is 10.2. The fourth-order valence-electron chi connectivity index (χ4n) is 2.15. The minimum Gasteiger partial charge on any atom is -0.326 e. The average Bonchev–Trinajstić information content (AvgIpc) is 2.61. The van der Waals surface area contributed by atoms with E-state index < -0.39 is 0 Å². The van der Waals surface area contributed by atoms with Gasteiger partial charge in [-0.25, -0.2) is 5.43 Å². The largest absolute Gasteiger partial charge is 0.326 e. The van der Waals surface area contributed by atoms with Crippen LogP contribution >= 0.6 is 23.2 Å². The number of rotatable bonds is 7. The Morgan fingerprint density at radius 1 is 1.04 bits per heavy atom. The molecule has 7 heteroatoms. The highest BCUT2D eigenvalue weighted by molar-refractivity contribution is 6.31. The van der Waals surface area contributed by atoms with Crippen LogP contribution in [0.15, 0.2) is 47.6 Å². The van der Waals surface area contributed by atoms with Crippen molar-refractivity contribution < 1.29 is 9.59 Å². The number of carbonyl (C=O) groups excluding carboxylic acids is 2. The van der Waals surface area contributed by atoms with E-state index in [1.54, 1.807) is 42.5 Å². The quantitative estimate of drug-likeness (QED) is 0.536. The molecule has 26 heavy (non-hydrogen) atoms. The Hall–Kier alpha value is -2.37. The molecule has 0 aromatic heterocycles. The van der Waals surface area contributed by atoms with Crippen molar-refractivity contribution in [2.24, 2.45) is 5.10 Å². The SMILES string of the molecule is Cc1c(Cl)cccc1NC(=O)CCCC(=O)N/N=C\c1ccc(Cl)cc1. The molecule has 136 valence electrons. The molecule has 0 aliphatic carbocycles. The van der Waals surface area contributed by atoms with Crippen LogP contribution in [0.1, 0.15) is 30.4 Å². The Morgan fingerprint density at radius 2 is 1.73 bits per heavy atom. The number of hydrogen-bond acceptors (Lipinski definition) is 3. The number of carbonyl (C=O) groups is 2. The smallest absolute Gasteiger partial charge is 0.240 e. The molecule has 0 bridgehead atoms. The normalized spacial score (nSPS) is 10.7. The summed E-state index contributed by atoms with van der Waals surface area (Å²) in [5.74, 6) is -0.408. The molecule has 0 saturated carbocycles. The van der Waals surface area contributed by atoms with Crippen LogP contribution in [0, 0.1) is 6.92 Å². The maximum absolute atomic E-state index is 12.0. The number of hydrogen-bond donors (Lipinski definition) is 2. The zero-order valence-corrected chi connectivity index (χ0v) is 15.8. The fraction of sp³-hybridized carbons (Fsp3) is 0.211. The van der Waals surface area contributed by atoms with Crippen molar-refractivity contribution in [3.63, 3.8) is 0 Å². The van der Waals surface area contributed by atoms with Crippen LogP contribution in [0.2, 0.25) is 10.0 Å². The lowest BCUT2D eigenvalue weighted by Crippen LogP contribution is -2.18. The van der Waals surface area contributed by atoms with E-state index in [0.717, 1.165) is 11.1 Å². The molecule has 2 aromatic carbocycles. The minimum absolute atomic E-state index is 0.159. The van der Waals surface area contributed by atoms with Gasteiger partial charge in [-0.15, -0.1) is 0 Å². The predicted molar refractivity (Wildman–Crippen MR) is 106 cm³/mol. The van der Waals surface area contributed by atoms with E-state index in [4.69, 9.17) is 23.2 Å². The van der Waals surface area contributed by atoms with Crippen molar-refractivity contribution >= 4 is 46.9 Å². The molecule has 2 amide bonds. The summed E-state index contributed by atoms with van der Waals surface area (Å²) in [6.07, 6.45) is 2.40. The molecule has 0 heterocycles. The molecular weight excluding hydrogens is 373 g/mol. The molecule has 2 rings (SSSR count). The van der Waals surface area contributed by atoms with E-state index in [1.807, 2.05) is 6.92 Å². The second-order valence-electron chi connectivity index (χ2n) is 5.66. The monoisotopic (exact) mass is 391 g/mol. The summed E-state index contributed by atoms with van der Waals surface area (Å²) in [6, 6.07) is 12.4. The van der Waals surface area contributed by atoms with Gasteiger partial charge in [-0.2, -0.15) is 5.10 Å². The van der Waals surface area contributed by atoms with Crippen LogP contribution in [-0.2, 0) is 9.59 Å². The summed E-state index contributed by atoms with van der Waals surface area (Å²) in [6.45, 7) is 1.84. The Kier molecular flexibility index (Phi) is 7.63. The van der Waals surface area contributed by atoms with Crippen LogP contribution in [0.3, 0.4) is 0 Å². The van der Waals surface area contributed by atoms with Gasteiger partial charge in [-0.05, 0) is 48.7 Å². The van der Waals surface area contributed by atoms with Crippen molar-refractivity contribution in [1.82, 2.24) is 5.43 Å². The fourth-order valence-corrected chi connectivity index (χ4v) is 2.45. The van der Waals surface area contributed by atoms with E-state index >= 15 is 0 Å². The number of amides is 2. The first-order valence-corrected chi connectivity index (χ1v) is 8.84. The standard InChI is InChI=1S/C19H19Cl2N3O2/c1-13-16(21)4-2-5-17(13)23-18(25)6-3-7-19(26)24-22-12-14-8-10-15(20)11-9-14/h2,4-5,8-12H,3,6-7H2,1H3,(H,23,25)(H,24,26)/b22-12-. The first kappa shape index (κ1) is 19.9. The summed E-state index contributed by atoms with van der Waals surface area (Å²) in [5.41, 5.74) is 4.76. The minimum atomic E-state index is -0.248. The van der Waals surface area contributed by atoms with Gasteiger partial charge < -0.3 is 5.32 Å². The molecule has 0 spiro atoms. The zero-order chi connectivity index (χ0) is 18.9. The van der Waals surface area contributed by atoms with Gasteiger partial charge in [0.05, 0.1) is 6.21 Å². The highest BCUT2D eigenvalue weighted by Crippen LogP contribution is 2.23. The summed E-state index contributed by atoms with van der Waals surface area (Å²) >= 11 is 11.8.